The number of carbonyl (C=O) groups is 1. The standard InChI is InChI=1S/C12H18N2O/c1-3-9-6-5-7-10(8-9)14-11(4-2)12(13)15/h5-8,11,14H,3-4H2,1-2H3,(H2,13,15). The third-order valence-electron chi connectivity index (χ3n) is 2.43. The van der Waals surface area contributed by atoms with Gasteiger partial charge in [-0.15, -0.1) is 0 Å². The molecule has 1 amide bonds. The zero-order chi connectivity index (χ0) is 11.3. The maximum absolute atomic E-state index is 11.0. The number of hydrogen-bond donors (Lipinski definition) is 2. The van der Waals surface area contributed by atoms with Crippen molar-refractivity contribution in [3.63, 3.8) is 0 Å². The minimum atomic E-state index is -0.306. The summed E-state index contributed by atoms with van der Waals surface area (Å²) in [7, 11) is 0. The van der Waals surface area contributed by atoms with Gasteiger partial charge in [0.1, 0.15) is 6.04 Å². The lowest BCUT2D eigenvalue weighted by atomic mass is 10.1. The predicted octanol–water partition coefficient (Wildman–Crippen LogP) is 1.92. The van der Waals surface area contributed by atoms with Crippen molar-refractivity contribution in [3.8, 4) is 0 Å². The maximum Gasteiger partial charge on any atom is 0.239 e. The van der Waals surface area contributed by atoms with Crippen LogP contribution in [0.4, 0.5) is 5.69 Å². The molecule has 1 aromatic carbocycles. The van der Waals surface area contributed by atoms with Crippen LogP contribution in [0.2, 0.25) is 0 Å². The molecule has 0 spiro atoms. The SMILES string of the molecule is CCc1cccc(NC(CC)C(N)=O)c1. The molecule has 0 saturated heterocycles. The molecule has 1 atom stereocenters. The molecule has 0 heterocycles. The van der Waals surface area contributed by atoms with Gasteiger partial charge in [-0.2, -0.15) is 0 Å². The molecule has 15 heavy (non-hydrogen) atoms. The Balaban J connectivity index is 2.74. The number of hydrogen-bond acceptors (Lipinski definition) is 2. The first-order valence-electron chi connectivity index (χ1n) is 5.32. The maximum atomic E-state index is 11.0. The van der Waals surface area contributed by atoms with Gasteiger partial charge in [0, 0.05) is 5.69 Å². The third-order valence-corrected chi connectivity index (χ3v) is 2.43. The van der Waals surface area contributed by atoms with Crippen LogP contribution in [0.15, 0.2) is 24.3 Å². The van der Waals surface area contributed by atoms with Crippen LogP contribution in [-0.4, -0.2) is 11.9 Å². The van der Waals surface area contributed by atoms with Crippen LogP contribution in [0.5, 0.6) is 0 Å². The molecule has 0 aliphatic rings. The van der Waals surface area contributed by atoms with Crippen LogP contribution in [0.3, 0.4) is 0 Å². The number of primary amides is 1. The summed E-state index contributed by atoms with van der Waals surface area (Å²) in [5.41, 5.74) is 7.47. The number of aryl methyl sites for hydroxylation is 1. The molecule has 1 unspecified atom stereocenters. The number of benzene rings is 1. The summed E-state index contributed by atoms with van der Waals surface area (Å²) in [4.78, 5) is 11.0. The summed E-state index contributed by atoms with van der Waals surface area (Å²) in [6.45, 7) is 4.04. The van der Waals surface area contributed by atoms with Crippen molar-refractivity contribution < 1.29 is 4.79 Å². The molecule has 0 saturated carbocycles. The fourth-order valence-corrected chi connectivity index (χ4v) is 1.46. The Morgan fingerprint density at radius 1 is 1.47 bits per heavy atom. The van der Waals surface area contributed by atoms with Gasteiger partial charge in [-0.3, -0.25) is 4.79 Å². The van der Waals surface area contributed by atoms with Crippen molar-refractivity contribution >= 4 is 11.6 Å². The lowest BCUT2D eigenvalue weighted by molar-refractivity contribution is -0.118. The molecule has 0 radical (unpaired) electrons. The van der Waals surface area contributed by atoms with Crippen LogP contribution < -0.4 is 11.1 Å². The quantitative estimate of drug-likeness (QED) is 0.773. The van der Waals surface area contributed by atoms with Crippen LogP contribution in [0.1, 0.15) is 25.8 Å². The van der Waals surface area contributed by atoms with E-state index in [4.69, 9.17) is 5.73 Å². The van der Waals surface area contributed by atoms with E-state index in [1.807, 2.05) is 25.1 Å². The second kappa shape index (κ2) is 5.39. The molecule has 0 aromatic heterocycles. The first-order valence-corrected chi connectivity index (χ1v) is 5.32. The minimum Gasteiger partial charge on any atom is -0.374 e. The fourth-order valence-electron chi connectivity index (χ4n) is 1.46. The number of carbonyl (C=O) groups excluding carboxylic acids is 1. The second-order valence-corrected chi connectivity index (χ2v) is 3.56. The van der Waals surface area contributed by atoms with Gasteiger partial charge < -0.3 is 11.1 Å². The first kappa shape index (κ1) is 11.6. The van der Waals surface area contributed by atoms with Crippen LogP contribution in [0.25, 0.3) is 0 Å². The lowest BCUT2D eigenvalue weighted by Crippen LogP contribution is -2.34. The predicted molar refractivity (Wildman–Crippen MR) is 62.7 cm³/mol. The number of amides is 1. The highest BCUT2D eigenvalue weighted by Crippen LogP contribution is 2.13. The smallest absolute Gasteiger partial charge is 0.239 e. The summed E-state index contributed by atoms with van der Waals surface area (Å²) in [5.74, 6) is -0.306. The van der Waals surface area contributed by atoms with E-state index in [9.17, 15) is 4.79 Å². The highest BCUT2D eigenvalue weighted by molar-refractivity contribution is 5.82. The van der Waals surface area contributed by atoms with Gasteiger partial charge in [0.15, 0.2) is 0 Å². The number of nitrogens with one attached hydrogen (secondary N) is 1. The largest absolute Gasteiger partial charge is 0.374 e. The average Bonchev–Trinajstić information content (AvgIpc) is 2.25. The molecular weight excluding hydrogens is 188 g/mol. The van der Waals surface area contributed by atoms with E-state index >= 15 is 0 Å². The van der Waals surface area contributed by atoms with E-state index in [2.05, 4.69) is 18.3 Å². The Kier molecular flexibility index (Phi) is 4.16. The number of rotatable bonds is 5. The van der Waals surface area contributed by atoms with E-state index in [-0.39, 0.29) is 11.9 Å². The molecular formula is C12H18N2O. The number of anilines is 1. The van der Waals surface area contributed by atoms with E-state index in [1.54, 1.807) is 0 Å². The van der Waals surface area contributed by atoms with Gasteiger partial charge in [-0.25, -0.2) is 0 Å². The van der Waals surface area contributed by atoms with Gasteiger partial charge in [0.05, 0.1) is 0 Å². The highest BCUT2D eigenvalue weighted by atomic mass is 16.1. The van der Waals surface area contributed by atoms with Crippen molar-refractivity contribution in [1.82, 2.24) is 0 Å². The van der Waals surface area contributed by atoms with Crippen molar-refractivity contribution in [3.05, 3.63) is 29.8 Å². The van der Waals surface area contributed by atoms with Crippen LogP contribution in [0, 0.1) is 0 Å². The van der Waals surface area contributed by atoms with E-state index < -0.39 is 0 Å². The molecule has 3 N–H and O–H groups in total. The molecule has 82 valence electrons. The van der Waals surface area contributed by atoms with Gasteiger partial charge in [-0.05, 0) is 30.5 Å². The van der Waals surface area contributed by atoms with Crippen molar-refractivity contribution in [2.24, 2.45) is 5.73 Å². The molecule has 1 rings (SSSR count). The molecule has 1 aromatic rings. The monoisotopic (exact) mass is 206 g/mol. The Bertz CT molecular complexity index is 336. The van der Waals surface area contributed by atoms with E-state index in [0.717, 1.165) is 12.1 Å². The zero-order valence-corrected chi connectivity index (χ0v) is 9.29. The summed E-state index contributed by atoms with van der Waals surface area (Å²) < 4.78 is 0. The minimum absolute atomic E-state index is 0.280. The van der Waals surface area contributed by atoms with E-state index in [0.29, 0.717) is 6.42 Å². The fraction of sp³-hybridized carbons (Fsp3) is 0.417. The molecule has 0 fully saturated rings. The van der Waals surface area contributed by atoms with Crippen LogP contribution in [-0.2, 0) is 11.2 Å². The highest BCUT2D eigenvalue weighted by Gasteiger charge is 2.11. The molecule has 3 nitrogen and oxygen atoms in total. The summed E-state index contributed by atoms with van der Waals surface area (Å²) in [5, 5.41) is 3.13. The topological polar surface area (TPSA) is 55.1 Å². The summed E-state index contributed by atoms with van der Waals surface area (Å²) >= 11 is 0. The van der Waals surface area contributed by atoms with E-state index in [1.165, 1.54) is 5.56 Å². The summed E-state index contributed by atoms with van der Waals surface area (Å²) in [6, 6.07) is 7.76. The normalized spacial score (nSPS) is 12.1. The number of nitrogens with two attached hydrogens (primary N) is 1. The van der Waals surface area contributed by atoms with Gasteiger partial charge in [-0.1, -0.05) is 26.0 Å². The summed E-state index contributed by atoms with van der Waals surface area (Å²) in [6.07, 6.45) is 1.69. The Morgan fingerprint density at radius 2 is 2.20 bits per heavy atom. The first-order chi connectivity index (χ1) is 7.17. The van der Waals surface area contributed by atoms with Crippen LogP contribution >= 0.6 is 0 Å². The Hall–Kier alpha value is -1.51. The van der Waals surface area contributed by atoms with Gasteiger partial charge in [0.25, 0.3) is 0 Å². The van der Waals surface area contributed by atoms with Gasteiger partial charge >= 0.3 is 0 Å². The zero-order valence-electron chi connectivity index (χ0n) is 9.29. The van der Waals surface area contributed by atoms with Crippen molar-refractivity contribution in [2.75, 3.05) is 5.32 Å². The third kappa shape index (κ3) is 3.27. The van der Waals surface area contributed by atoms with Crippen molar-refractivity contribution in [1.29, 1.82) is 0 Å². The molecule has 3 heteroatoms. The van der Waals surface area contributed by atoms with Gasteiger partial charge in [0.2, 0.25) is 5.91 Å². The molecule has 0 aliphatic carbocycles. The molecule has 0 aliphatic heterocycles. The van der Waals surface area contributed by atoms with Crippen molar-refractivity contribution in [2.45, 2.75) is 32.7 Å². The Labute approximate surface area is 90.7 Å². The Morgan fingerprint density at radius 3 is 2.73 bits per heavy atom. The average molecular weight is 206 g/mol. The molecule has 0 bridgehead atoms. The second-order valence-electron chi connectivity index (χ2n) is 3.56. The lowest BCUT2D eigenvalue weighted by Gasteiger charge is -2.15.